The van der Waals surface area contributed by atoms with E-state index in [2.05, 4.69) is 9.97 Å². The molecule has 3 rings (SSSR count). The van der Waals surface area contributed by atoms with Crippen molar-refractivity contribution >= 4 is 0 Å². The first-order valence-electron chi connectivity index (χ1n) is 4.84. The summed E-state index contributed by atoms with van der Waals surface area (Å²) in [4.78, 5) is 8.17. The van der Waals surface area contributed by atoms with Gasteiger partial charge in [-0.25, -0.2) is 9.97 Å². The molecule has 0 amide bonds. The number of benzene rings is 1. The van der Waals surface area contributed by atoms with Crippen molar-refractivity contribution in [2.24, 2.45) is 0 Å². The van der Waals surface area contributed by atoms with E-state index in [1.165, 1.54) is 6.26 Å². The van der Waals surface area contributed by atoms with Crippen LogP contribution < -0.4 is 0 Å². The van der Waals surface area contributed by atoms with Crippen molar-refractivity contribution in [2.75, 3.05) is 0 Å². The maximum atomic E-state index is 5.55. The van der Waals surface area contributed by atoms with E-state index in [1.54, 1.807) is 12.4 Å². The van der Waals surface area contributed by atoms with Gasteiger partial charge in [0, 0.05) is 5.56 Å². The minimum atomic E-state index is 0.440. The van der Waals surface area contributed by atoms with Gasteiger partial charge >= 0.3 is 0 Å². The number of hydrogen-bond acceptors (Lipinski definition) is 4. The predicted molar refractivity (Wildman–Crippen MR) is 57.4 cm³/mol. The molecule has 0 aliphatic rings. The molecule has 16 heavy (non-hydrogen) atoms. The van der Waals surface area contributed by atoms with E-state index in [9.17, 15) is 0 Å². The van der Waals surface area contributed by atoms with E-state index in [0.717, 1.165) is 5.56 Å². The van der Waals surface area contributed by atoms with Crippen LogP contribution >= 0.6 is 0 Å². The van der Waals surface area contributed by atoms with Gasteiger partial charge in [0.25, 0.3) is 5.89 Å². The van der Waals surface area contributed by atoms with Gasteiger partial charge in [0.1, 0.15) is 6.26 Å². The van der Waals surface area contributed by atoms with Crippen LogP contribution in [0.1, 0.15) is 0 Å². The molecular weight excluding hydrogens is 204 g/mol. The molecule has 0 bridgehead atoms. The van der Waals surface area contributed by atoms with E-state index in [1.807, 2.05) is 30.3 Å². The molecule has 0 unspecified atom stereocenters. The molecule has 0 aliphatic carbocycles. The lowest BCUT2D eigenvalue weighted by atomic mass is 10.2. The van der Waals surface area contributed by atoms with Crippen LogP contribution in [0.15, 0.2) is 57.8 Å². The number of oxazole rings is 2. The van der Waals surface area contributed by atoms with Crippen LogP contribution in [-0.4, -0.2) is 9.97 Å². The van der Waals surface area contributed by atoms with Crippen molar-refractivity contribution in [3.63, 3.8) is 0 Å². The standard InChI is InChI=1S/C12H8N2O2/c1-2-4-9(5-3-1)11-14-8-10(16-11)12-13-6-7-15-12/h1-8H. The van der Waals surface area contributed by atoms with Crippen LogP contribution in [0.3, 0.4) is 0 Å². The van der Waals surface area contributed by atoms with Gasteiger partial charge in [0.15, 0.2) is 0 Å². The summed E-state index contributed by atoms with van der Waals surface area (Å²) in [6, 6.07) is 9.69. The maximum absolute atomic E-state index is 5.55. The largest absolute Gasteiger partial charge is 0.442 e. The number of nitrogens with zero attached hydrogens (tertiary/aromatic N) is 2. The summed E-state index contributed by atoms with van der Waals surface area (Å²) in [5, 5.41) is 0. The SMILES string of the molecule is c1ccc(-c2ncc(-c3ncco3)o2)cc1. The Morgan fingerprint density at radius 2 is 1.81 bits per heavy atom. The Bertz CT molecular complexity index is 570. The summed E-state index contributed by atoms with van der Waals surface area (Å²) in [6.45, 7) is 0. The molecule has 78 valence electrons. The summed E-state index contributed by atoms with van der Waals surface area (Å²) in [7, 11) is 0. The highest BCUT2D eigenvalue weighted by Gasteiger charge is 2.10. The summed E-state index contributed by atoms with van der Waals surface area (Å²) in [5.41, 5.74) is 0.931. The van der Waals surface area contributed by atoms with Crippen molar-refractivity contribution in [2.45, 2.75) is 0 Å². The maximum Gasteiger partial charge on any atom is 0.264 e. The topological polar surface area (TPSA) is 52.1 Å². The first-order valence-corrected chi connectivity index (χ1v) is 4.84. The highest BCUT2D eigenvalue weighted by Crippen LogP contribution is 2.24. The quantitative estimate of drug-likeness (QED) is 0.655. The average molecular weight is 212 g/mol. The molecule has 0 spiro atoms. The fourth-order valence-corrected chi connectivity index (χ4v) is 1.43. The molecule has 0 atom stereocenters. The van der Waals surface area contributed by atoms with Gasteiger partial charge in [-0.2, -0.15) is 0 Å². The molecule has 0 saturated carbocycles. The summed E-state index contributed by atoms with van der Waals surface area (Å²) in [5.74, 6) is 1.53. The molecule has 0 aliphatic heterocycles. The smallest absolute Gasteiger partial charge is 0.264 e. The fourth-order valence-electron chi connectivity index (χ4n) is 1.43. The molecule has 1 aromatic carbocycles. The van der Waals surface area contributed by atoms with Crippen molar-refractivity contribution in [3.8, 4) is 23.1 Å². The van der Waals surface area contributed by atoms with E-state index < -0.39 is 0 Å². The molecule has 2 heterocycles. The van der Waals surface area contributed by atoms with Gasteiger partial charge in [-0.1, -0.05) is 18.2 Å². The van der Waals surface area contributed by atoms with Gasteiger partial charge < -0.3 is 8.83 Å². The Morgan fingerprint density at radius 3 is 2.56 bits per heavy atom. The molecule has 2 aromatic heterocycles. The van der Waals surface area contributed by atoms with Crippen molar-refractivity contribution in [1.29, 1.82) is 0 Å². The normalized spacial score (nSPS) is 10.5. The average Bonchev–Trinajstić information content (AvgIpc) is 3.01. The third-order valence-electron chi connectivity index (χ3n) is 2.17. The van der Waals surface area contributed by atoms with E-state index in [-0.39, 0.29) is 0 Å². The van der Waals surface area contributed by atoms with Gasteiger partial charge in [0.2, 0.25) is 11.7 Å². The van der Waals surface area contributed by atoms with Crippen LogP contribution in [0.5, 0.6) is 0 Å². The molecule has 4 heteroatoms. The third kappa shape index (κ3) is 1.50. The highest BCUT2D eigenvalue weighted by molar-refractivity contribution is 5.55. The van der Waals surface area contributed by atoms with Crippen LogP contribution in [0.2, 0.25) is 0 Å². The lowest BCUT2D eigenvalue weighted by molar-refractivity contribution is 0.521. The second-order valence-electron chi connectivity index (χ2n) is 3.23. The Labute approximate surface area is 91.6 Å². The number of rotatable bonds is 2. The Hall–Kier alpha value is -2.36. The minimum Gasteiger partial charge on any atom is -0.442 e. The first-order chi connectivity index (χ1) is 7.93. The number of hydrogen-bond donors (Lipinski definition) is 0. The Morgan fingerprint density at radius 1 is 0.938 bits per heavy atom. The lowest BCUT2D eigenvalue weighted by Crippen LogP contribution is -1.73. The lowest BCUT2D eigenvalue weighted by Gasteiger charge is -1.92. The molecule has 0 saturated heterocycles. The van der Waals surface area contributed by atoms with Gasteiger partial charge in [-0.3, -0.25) is 0 Å². The van der Waals surface area contributed by atoms with Crippen LogP contribution in [0.4, 0.5) is 0 Å². The van der Waals surface area contributed by atoms with Gasteiger partial charge in [0.05, 0.1) is 12.4 Å². The summed E-state index contributed by atoms with van der Waals surface area (Å²) >= 11 is 0. The monoisotopic (exact) mass is 212 g/mol. The van der Waals surface area contributed by atoms with Gasteiger partial charge in [-0.05, 0) is 12.1 Å². The zero-order valence-electron chi connectivity index (χ0n) is 8.33. The van der Waals surface area contributed by atoms with Crippen molar-refractivity contribution < 1.29 is 8.83 Å². The summed E-state index contributed by atoms with van der Waals surface area (Å²) in [6.07, 6.45) is 4.67. The molecular formula is C12H8N2O2. The zero-order chi connectivity index (χ0) is 10.8. The molecule has 3 aromatic rings. The highest BCUT2D eigenvalue weighted by atomic mass is 16.4. The third-order valence-corrected chi connectivity index (χ3v) is 2.17. The number of aromatic nitrogens is 2. The molecule has 0 fully saturated rings. The van der Waals surface area contributed by atoms with E-state index >= 15 is 0 Å². The molecule has 4 nitrogen and oxygen atoms in total. The van der Waals surface area contributed by atoms with Crippen LogP contribution in [-0.2, 0) is 0 Å². The van der Waals surface area contributed by atoms with E-state index in [0.29, 0.717) is 17.5 Å². The Kier molecular flexibility index (Phi) is 2.04. The Balaban J connectivity index is 2.00. The minimum absolute atomic E-state index is 0.440. The van der Waals surface area contributed by atoms with E-state index in [4.69, 9.17) is 8.83 Å². The van der Waals surface area contributed by atoms with Gasteiger partial charge in [-0.15, -0.1) is 0 Å². The molecule has 0 N–H and O–H groups in total. The predicted octanol–water partition coefficient (Wildman–Crippen LogP) is 3.00. The molecule has 0 radical (unpaired) electrons. The van der Waals surface area contributed by atoms with Crippen LogP contribution in [0.25, 0.3) is 23.1 Å². The first kappa shape index (κ1) is 8.91. The van der Waals surface area contributed by atoms with Crippen molar-refractivity contribution in [3.05, 3.63) is 49.0 Å². The second-order valence-corrected chi connectivity index (χ2v) is 3.23. The second kappa shape index (κ2) is 3.66. The summed E-state index contributed by atoms with van der Waals surface area (Å²) < 4.78 is 10.7. The van der Waals surface area contributed by atoms with Crippen molar-refractivity contribution in [1.82, 2.24) is 9.97 Å². The van der Waals surface area contributed by atoms with Crippen LogP contribution in [0, 0.1) is 0 Å². The fraction of sp³-hybridized carbons (Fsp3) is 0. The zero-order valence-corrected chi connectivity index (χ0v) is 8.33.